The second-order valence-corrected chi connectivity index (χ2v) is 4.43. The minimum absolute atomic E-state index is 0.0695. The Labute approximate surface area is 112 Å². The number of nitrogens with one attached hydrogen (secondary N) is 1. The highest BCUT2D eigenvalue weighted by Crippen LogP contribution is 2.08. The van der Waals surface area contributed by atoms with E-state index in [1.54, 1.807) is 24.5 Å². The Balaban J connectivity index is 1.86. The van der Waals surface area contributed by atoms with E-state index in [2.05, 4.69) is 22.9 Å². The summed E-state index contributed by atoms with van der Waals surface area (Å²) < 4.78 is 0. The third-order valence-corrected chi connectivity index (χ3v) is 2.84. The van der Waals surface area contributed by atoms with E-state index in [9.17, 15) is 4.79 Å². The van der Waals surface area contributed by atoms with Gasteiger partial charge in [-0.25, -0.2) is 0 Å². The average molecular weight is 258 g/mol. The minimum Gasteiger partial charge on any atom is -0.352 e. The first kappa shape index (κ1) is 12.6. The highest BCUT2D eigenvalue weighted by atomic mass is 32.1. The van der Waals surface area contributed by atoms with Crippen molar-refractivity contribution in [3.05, 3.63) is 59.9 Å². The predicted octanol–water partition coefficient (Wildman–Crippen LogP) is 2.34. The van der Waals surface area contributed by atoms with Gasteiger partial charge in [-0.05, 0) is 42.3 Å². The maximum atomic E-state index is 11.8. The van der Waals surface area contributed by atoms with Crippen LogP contribution in [0.5, 0.6) is 0 Å². The molecule has 0 spiro atoms. The van der Waals surface area contributed by atoms with Crippen molar-refractivity contribution in [1.82, 2.24) is 10.3 Å². The van der Waals surface area contributed by atoms with E-state index in [-0.39, 0.29) is 5.91 Å². The number of hydrogen-bond acceptors (Lipinski definition) is 3. The summed E-state index contributed by atoms with van der Waals surface area (Å²) in [7, 11) is 0. The third kappa shape index (κ3) is 3.60. The molecule has 0 fully saturated rings. The number of hydrogen-bond donors (Lipinski definition) is 2. The summed E-state index contributed by atoms with van der Waals surface area (Å²) in [6.45, 7) is 0.611. The van der Waals surface area contributed by atoms with E-state index < -0.39 is 0 Å². The number of carbonyl (C=O) groups excluding carboxylic acids is 1. The molecule has 0 bridgehead atoms. The first-order valence-corrected chi connectivity index (χ1v) is 6.16. The number of nitrogens with zero attached hydrogens (tertiary/aromatic N) is 1. The number of pyridine rings is 1. The standard InChI is InChI=1S/C14H14N2OS/c17-14(12-2-1-3-13(18)10-12)16-9-6-11-4-7-15-8-5-11/h1-5,7-8,10,18H,6,9H2,(H,16,17). The Bertz CT molecular complexity index is 528. The molecule has 0 radical (unpaired) electrons. The van der Waals surface area contributed by atoms with Crippen molar-refractivity contribution < 1.29 is 4.79 Å². The van der Waals surface area contributed by atoms with Crippen molar-refractivity contribution >= 4 is 18.5 Å². The molecular formula is C14H14N2OS. The predicted molar refractivity (Wildman–Crippen MR) is 74.0 cm³/mol. The lowest BCUT2D eigenvalue weighted by atomic mass is 10.2. The Morgan fingerprint density at radius 3 is 2.72 bits per heavy atom. The molecule has 1 heterocycles. The van der Waals surface area contributed by atoms with Crippen LogP contribution in [0.2, 0.25) is 0 Å². The van der Waals surface area contributed by atoms with Gasteiger partial charge in [0.2, 0.25) is 0 Å². The first-order chi connectivity index (χ1) is 8.75. The van der Waals surface area contributed by atoms with Crippen LogP contribution < -0.4 is 5.32 Å². The Hall–Kier alpha value is -1.81. The van der Waals surface area contributed by atoms with Crippen LogP contribution in [0.3, 0.4) is 0 Å². The van der Waals surface area contributed by atoms with E-state index in [0.717, 1.165) is 16.9 Å². The third-order valence-electron chi connectivity index (χ3n) is 2.56. The molecule has 0 aliphatic heterocycles. The molecule has 1 aromatic heterocycles. The molecule has 0 unspecified atom stereocenters. The summed E-state index contributed by atoms with van der Waals surface area (Å²) in [5.41, 5.74) is 1.80. The van der Waals surface area contributed by atoms with Crippen LogP contribution in [0.15, 0.2) is 53.7 Å². The topological polar surface area (TPSA) is 42.0 Å². The van der Waals surface area contributed by atoms with E-state index >= 15 is 0 Å². The first-order valence-electron chi connectivity index (χ1n) is 5.72. The Kier molecular flexibility index (Phi) is 4.36. The summed E-state index contributed by atoms with van der Waals surface area (Å²) in [4.78, 5) is 16.6. The fourth-order valence-corrected chi connectivity index (χ4v) is 1.84. The zero-order chi connectivity index (χ0) is 12.8. The fraction of sp³-hybridized carbons (Fsp3) is 0.143. The van der Waals surface area contributed by atoms with Crippen LogP contribution in [0.4, 0.5) is 0 Å². The van der Waals surface area contributed by atoms with Gasteiger partial charge in [-0.15, -0.1) is 12.6 Å². The lowest BCUT2D eigenvalue weighted by Crippen LogP contribution is -2.25. The highest BCUT2D eigenvalue weighted by molar-refractivity contribution is 7.80. The van der Waals surface area contributed by atoms with Crippen molar-refractivity contribution in [2.45, 2.75) is 11.3 Å². The fourth-order valence-electron chi connectivity index (χ4n) is 1.62. The second kappa shape index (κ2) is 6.21. The number of aromatic nitrogens is 1. The summed E-state index contributed by atoms with van der Waals surface area (Å²) in [6.07, 6.45) is 4.30. The van der Waals surface area contributed by atoms with Crippen LogP contribution in [-0.4, -0.2) is 17.4 Å². The molecule has 92 valence electrons. The van der Waals surface area contributed by atoms with Gasteiger partial charge in [0, 0.05) is 29.4 Å². The van der Waals surface area contributed by atoms with E-state index in [1.165, 1.54) is 0 Å². The minimum atomic E-state index is -0.0695. The number of carbonyl (C=O) groups is 1. The lowest BCUT2D eigenvalue weighted by molar-refractivity contribution is 0.0954. The van der Waals surface area contributed by atoms with Gasteiger partial charge in [-0.1, -0.05) is 6.07 Å². The molecule has 0 atom stereocenters. The zero-order valence-electron chi connectivity index (χ0n) is 9.84. The Morgan fingerprint density at radius 1 is 1.22 bits per heavy atom. The highest BCUT2D eigenvalue weighted by Gasteiger charge is 2.04. The lowest BCUT2D eigenvalue weighted by Gasteiger charge is -2.05. The molecule has 2 aromatic rings. The molecular weight excluding hydrogens is 244 g/mol. The zero-order valence-corrected chi connectivity index (χ0v) is 10.7. The summed E-state index contributed by atoms with van der Waals surface area (Å²) in [5.74, 6) is -0.0695. The summed E-state index contributed by atoms with van der Waals surface area (Å²) >= 11 is 4.21. The van der Waals surface area contributed by atoms with Crippen molar-refractivity contribution in [3.8, 4) is 0 Å². The molecule has 4 heteroatoms. The maximum Gasteiger partial charge on any atom is 0.251 e. The van der Waals surface area contributed by atoms with Gasteiger partial charge in [-0.3, -0.25) is 9.78 Å². The average Bonchev–Trinajstić information content (AvgIpc) is 2.40. The molecule has 0 saturated carbocycles. The van der Waals surface area contributed by atoms with Crippen LogP contribution in [0.1, 0.15) is 15.9 Å². The van der Waals surface area contributed by atoms with Crippen LogP contribution in [0, 0.1) is 0 Å². The van der Waals surface area contributed by atoms with Gasteiger partial charge in [0.1, 0.15) is 0 Å². The second-order valence-electron chi connectivity index (χ2n) is 3.91. The van der Waals surface area contributed by atoms with Crippen molar-refractivity contribution in [3.63, 3.8) is 0 Å². The quantitative estimate of drug-likeness (QED) is 0.827. The van der Waals surface area contributed by atoms with Gasteiger partial charge < -0.3 is 5.32 Å². The van der Waals surface area contributed by atoms with Gasteiger partial charge >= 0.3 is 0 Å². The summed E-state index contributed by atoms with van der Waals surface area (Å²) in [6, 6.07) is 11.1. The van der Waals surface area contributed by atoms with Crippen LogP contribution in [-0.2, 0) is 6.42 Å². The number of amides is 1. The molecule has 1 amide bonds. The van der Waals surface area contributed by atoms with Crippen molar-refractivity contribution in [1.29, 1.82) is 0 Å². The number of benzene rings is 1. The largest absolute Gasteiger partial charge is 0.352 e. The van der Waals surface area contributed by atoms with Gasteiger partial charge in [-0.2, -0.15) is 0 Å². The van der Waals surface area contributed by atoms with Crippen molar-refractivity contribution in [2.24, 2.45) is 0 Å². The molecule has 0 aliphatic carbocycles. The van der Waals surface area contributed by atoms with E-state index in [1.807, 2.05) is 24.3 Å². The van der Waals surface area contributed by atoms with Crippen LogP contribution in [0.25, 0.3) is 0 Å². The number of rotatable bonds is 4. The smallest absolute Gasteiger partial charge is 0.251 e. The number of thiol groups is 1. The van der Waals surface area contributed by atoms with E-state index in [4.69, 9.17) is 0 Å². The molecule has 2 rings (SSSR count). The molecule has 3 nitrogen and oxygen atoms in total. The van der Waals surface area contributed by atoms with Crippen molar-refractivity contribution in [2.75, 3.05) is 6.54 Å². The summed E-state index contributed by atoms with van der Waals surface area (Å²) in [5, 5.41) is 2.88. The molecule has 0 saturated heterocycles. The monoisotopic (exact) mass is 258 g/mol. The van der Waals surface area contributed by atoms with Gasteiger partial charge in [0.25, 0.3) is 5.91 Å². The SMILES string of the molecule is O=C(NCCc1ccncc1)c1cccc(S)c1. The normalized spacial score (nSPS) is 10.1. The maximum absolute atomic E-state index is 11.8. The molecule has 18 heavy (non-hydrogen) atoms. The van der Waals surface area contributed by atoms with Gasteiger partial charge in [0.05, 0.1) is 0 Å². The molecule has 1 aromatic carbocycles. The van der Waals surface area contributed by atoms with Gasteiger partial charge in [0.15, 0.2) is 0 Å². The molecule has 1 N–H and O–H groups in total. The Morgan fingerprint density at radius 2 is 2.00 bits per heavy atom. The van der Waals surface area contributed by atoms with E-state index in [0.29, 0.717) is 12.1 Å². The van der Waals surface area contributed by atoms with Crippen LogP contribution >= 0.6 is 12.6 Å². The molecule has 0 aliphatic rings.